The van der Waals surface area contributed by atoms with Crippen molar-refractivity contribution in [2.75, 3.05) is 19.6 Å². The van der Waals surface area contributed by atoms with E-state index in [1.54, 1.807) is 0 Å². The van der Waals surface area contributed by atoms with E-state index in [2.05, 4.69) is 18.7 Å². The van der Waals surface area contributed by atoms with Crippen molar-refractivity contribution in [3.63, 3.8) is 0 Å². The first kappa shape index (κ1) is 14.2. The van der Waals surface area contributed by atoms with E-state index in [1.165, 1.54) is 19.3 Å². The summed E-state index contributed by atoms with van der Waals surface area (Å²) in [5, 5.41) is 9.25. The van der Waals surface area contributed by atoms with Gasteiger partial charge in [-0.1, -0.05) is 39.2 Å². The Bertz CT molecular complexity index is 263. The molecule has 0 aromatic rings. The molecule has 3 heteroatoms. The maximum atomic E-state index is 11.2. The monoisotopic (exact) mass is 239 g/mol. The average Bonchev–Trinajstić information content (AvgIpc) is 2.35. The van der Waals surface area contributed by atoms with Crippen LogP contribution in [0.4, 0.5) is 0 Å². The molecule has 1 rings (SSSR count). The summed E-state index contributed by atoms with van der Waals surface area (Å²) in [6.07, 6.45) is 8.14. The molecular weight excluding hydrogens is 214 g/mol. The van der Waals surface area contributed by atoms with E-state index in [0.717, 1.165) is 25.9 Å². The summed E-state index contributed by atoms with van der Waals surface area (Å²) < 4.78 is 0. The molecule has 0 aliphatic heterocycles. The molecule has 0 bridgehead atoms. The minimum absolute atomic E-state index is 0.491. The van der Waals surface area contributed by atoms with Gasteiger partial charge in [-0.25, -0.2) is 4.79 Å². The number of hydrogen-bond donors (Lipinski definition) is 1. The largest absolute Gasteiger partial charge is 0.478 e. The molecule has 1 aliphatic rings. The van der Waals surface area contributed by atoms with Gasteiger partial charge in [-0.3, -0.25) is 4.90 Å². The van der Waals surface area contributed by atoms with Crippen molar-refractivity contribution >= 4 is 5.97 Å². The molecule has 0 unspecified atom stereocenters. The number of allylic oxidation sites excluding steroid dienone is 1. The van der Waals surface area contributed by atoms with Crippen LogP contribution in [0.2, 0.25) is 0 Å². The normalized spacial score (nSPS) is 18.6. The van der Waals surface area contributed by atoms with Crippen LogP contribution in [-0.4, -0.2) is 35.6 Å². The highest BCUT2D eigenvalue weighted by Gasteiger charge is 2.16. The second-order valence-corrected chi connectivity index (χ2v) is 4.86. The molecule has 0 aromatic heterocycles. The molecule has 0 amide bonds. The van der Waals surface area contributed by atoms with E-state index in [1.807, 2.05) is 6.08 Å². The lowest BCUT2D eigenvalue weighted by Crippen LogP contribution is -2.28. The third-order valence-electron chi connectivity index (χ3n) is 3.65. The van der Waals surface area contributed by atoms with Crippen molar-refractivity contribution in [3.8, 4) is 0 Å². The first-order valence-corrected chi connectivity index (χ1v) is 6.83. The topological polar surface area (TPSA) is 40.5 Å². The molecule has 1 N–H and O–H groups in total. The number of rotatable bonds is 6. The van der Waals surface area contributed by atoms with E-state index in [0.29, 0.717) is 18.0 Å². The highest BCUT2D eigenvalue weighted by Crippen LogP contribution is 2.25. The maximum absolute atomic E-state index is 11.2. The van der Waals surface area contributed by atoms with Gasteiger partial charge < -0.3 is 5.11 Å². The third kappa shape index (κ3) is 4.90. The van der Waals surface area contributed by atoms with E-state index in [-0.39, 0.29) is 0 Å². The zero-order valence-corrected chi connectivity index (χ0v) is 11.1. The van der Waals surface area contributed by atoms with Crippen LogP contribution in [-0.2, 0) is 4.79 Å². The number of aliphatic carboxylic acids is 1. The lowest BCUT2D eigenvalue weighted by Gasteiger charge is -2.22. The van der Waals surface area contributed by atoms with Crippen molar-refractivity contribution in [2.24, 2.45) is 5.92 Å². The lowest BCUT2D eigenvalue weighted by atomic mass is 9.88. The van der Waals surface area contributed by atoms with Crippen LogP contribution in [0.25, 0.3) is 0 Å². The number of likely N-dealkylation sites (N-methyl/N-ethyl adjacent to an activating group) is 1. The van der Waals surface area contributed by atoms with Gasteiger partial charge in [0.2, 0.25) is 0 Å². The molecule has 1 aliphatic carbocycles. The van der Waals surface area contributed by atoms with Gasteiger partial charge in [0.15, 0.2) is 0 Å². The standard InChI is InChI=1S/C14H25NO2/c1-3-15(4-2)11-13(14(16)17)10-12-8-6-5-7-9-12/h10,12H,3-9,11H2,1-2H3,(H,16,17). The van der Waals surface area contributed by atoms with Crippen molar-refractivity contribution in [2.45, 2.75) is 46.0 Å². The lowest BCUT2D eigenvalue weighted by molar-refractivity contribution is -0.133. The predicted octanol–water partition coefficient (Wildman–Crippen LogP) is 2.92. The number of carboxylic acid groups (broad SMARTS) is 1. The predicted molar refractivity (Wildman–Crippen MR) is 70.1 cm³/mol. The van der Waals surface area contributed by atoms with Gasteiger partial charge in [0, 0.05) is 12.1 Å². The Labute approximate surface area is 105 Å². The SMILES string of the molecule is CCN(CC)CC(=CC1CCCCC1)C(=O)O. The van der Waals surface area contributed by atoms with Crippen molar-refractivity contribution in [1.29, 1.82) is 0 Å². The van der Waals surface area contributed by atoms with Gasteiger partial charge in [-0.15, -0.1) is 0 Å². The molecule has 98 valence electrons. The van der Waals surface area contributed by atoms with Crippen LogP contribution < -0.4 is 0 Å². The number of hydrogen-bond acceptors (Lipinski definition) is 2. The van der Waals surface area contributed by atoms with Crippen molar-refractivity contribution < 1.29 is 9.90 Å². The van der Waals surface area contributed by atoms with Crippen LogP contribution in [0.5, 0.6) is 0 Å². The van der Waals surface area contributed by atoms with Gasteiger partial charge in [-0.05, 0) is 31.8 Å². The Kier molecular flexibility index (Phi) is 6.27. The molecule has 0 heterocycles. The first-order chi connectivity index (χ1) is 8.17. The molecular formula is C14H25NO2. The molecule has 0 aromatic carbocycles. The van der Waals surface area contributed by atoms with Crippen LogP contribution in [0, 0.1) is 5.92 Å². The minimum Gasteiger partial charge on any atom is -0.478 e. The quantitative estimate of drug-likeness (QED) is 0.724. The molecule has 3 nitrogen and oxygen atoms in total. The van der Waals surface area contributed by atoms with Crippen molar-refractivity contribution in [3.05, 3.63) is 11.6 Å². The fourth-order valence-corrected chi connectivity index (χ4v) is 2.47. The molecule has 0 saturated heterocycles. The van der Waals surface area contributed by atoms with Crippen LogP contribution in [0.15, 0.2) is 11.6 Å². The fourth-order valence-electron chi connectivity index (χ4n) is 2.47. The van der Waals surface area contributed by atoms with E-state index in [9.17, 15) is 9.90 Å². The van der Waals surface area contributed by atoms with Gasteiger partial charge in [0.05, 0.1) is 0 Å². The fraction of sp³-hybridized carbons (Fsp3) is 0.786. The molecule has 1 saturated carbocycles. The van der Waals surface area contributed by atoms with E-state index in [4.69, 9.17) is 0 Å². The highest BCUT2D eigenvalue weighted by molar-refractivity contribution is 5.87. The van der Waals surface area contributed by atoms with Crippen LogP contribution in [0.1, 0.15) is 46.0 Å². The first-order valence-electron chi connectivity index (χ1n) is 6.83. The summed E-state index contributed by atoms with van der Waals surface area (Å²) in [5.74, 6) is -0.257. The summed E-state index contributed by atoms with van der Waals surface area (Å²) in [6.45, 7) is 6.55. The molecule has 1 fully saturated rings. The van der Waals surface area contributed by atoms with Gasteiger partial charge >= 0.3 is 5.97 Å². The smallest absolute Gasteiger partial charge is 0.332 e. The zero-order chi connectivity index (χ0) is 12.7. The second kappa shape index (κ2) is 7.49. The summed E-state index contributed by atoms with van der Waals surface area (Å²) >= 11 is 0. The van der Waals surface area contributed by atoms with Crippen LogP contribution in [0.3, 0.4) is 0 Å². The van der Waals surface area contributed by atoms with E-state index >= 15 is 0 Å². The zero-order valence-electron chi connectivity index (χ0n) is 11.1. The Hall–Kier alpha value is -0.830. The second-order valence-electron chi connectivity index (χ2n) is 4.86. The summed E-state index contributed by atoms with van der Waals surface area (Å²) in [4.78, 5) is 13.4. The minimum atomic E-state index is -0.748. The van der Waals surface area contributed by atoms with Crippen LogP contribution >= 0.6 is 0 Å². The third-order valence-corrected chi connectivity index (χ3v) is 3.65. The Morgan fingerprint density at radius 3 is 2.29 bits per heavy atom. The van der Waals surface area contributed by atoms with Gasteiger partial charge in [-0.2, -0.15) is 0 Å². The highest BCUT2D eigenvalue weighted by atomic mass is 16.4. The van der Waals surface area contributed by atoms with Gasteiger partial charge in [0.25, 0.3) is 0 Å². The molecule has 0 atom stereocenters. The summed E-state index contributed by atoms with van der Waals surface area (Å²) in [6, 6.07) is 0. The van der Waals surface area contributed by atoms with Gasteiger partial charge in [0.1, 0.15) is 0 Å². The summed E-state index contributed by atoms with van der Waals surface area (Å²) in [5.41, 5.74) is 0.584. The number of carbonyl (C=O) groups is 1. The van der Waals surface area contributed by atoms with Crippen molar-refractivity contribution in [1.82, 2.24) is 4.90 Å². The molecule has 17 heavy (non-hydrogen) atoms. The number of carboxylic acids is 1. The van der Waals surface area contributed by atoms with E-state index < -0.39 is 5.97 Å². The number of nitrogens with zero attached hydrogens (tertiary/aromatic N) is 1. The molecule has 0 radical (unpaired) electrons. The Morgan fingerprint density at radius 1 is 1.24 bits per heavy atom. The molecule has 0 spiro atoms. The Balaban J connectivity index is 2.63. The maximum Gasteiger partial charge on any atom is 0.332 e. The average molecular weight is 239 g/mol. The summed E-state index contributed by atoms with van der Waals surface area (Å²) in [7, 11) is 0. The Morgan fingerprint density at radius 2 is 1.82 bits per heavy atom.